The molecule has 114 valence electrons. The van der Waals surface area contributed by atoms with E-state index in [9.17, 15) is 4.79 Å². The van der Waals surface area contributed by atoms with Crippen LogP contribution in [0.1, 0.15) is 31.7 Å². The van der Waals surface area contributed by atoms with Gasteiger partial charge in [-0.15, -0.1) is 0 Å². The second-order valence-corrected chi connectivity index (χ2v) is 5.71. The number of hydrogen-bond acceptors (Lipinski definition) is 3. The van der Waals surface area contributed by atoms with Crippen LogP contribution >= 0.6 is 0 Å². The third kappa shape index (κ3) is 4.92. The summed E-state index contributed by atoms with van der Waals surface area (Å²) in [5.74, 6) is 1.80. The number of allylic oxidation sites excluding steroid dienone is 2. The molecular formula is C18H24O3. The van der Waals surface area contributed by atoms with Gasteiger partial charge in [-0.2, -0.15) is 0 Å². The Morgan fingerprint density at radius 3 is 2.57 bits per heavy atom. The number of esters is 1. The number of carbonyl (C=O) groups excluding carboxylic acids is 1. The highest BCUT2D eigenvalue weighted by molar-refractivity contribution is 5.69. The van der Waals surface area contributed by atoms with Crippen molar-refractivity contribution in [2.24, 2.45) is 11.8 Å². The molecule has 0 bridgehead atoms. The summed E-state index contributed by atoms with van der Waals surface area (Å²) < 4.78 is 10.5. The van der Waals surface area contributed by atoms with Gasteiger partial charge in [0, 0.05) is 6.42 Å². The second kappa shape index (κ2) is 7.87. The Kier molecular flexibility index (Phi) is 5.85. The smallest absolute Gasteiger partial charge is 0.306 e. The van der Waals surface area contributed by atoms with E-state index in [-0.39, 0.29) is 5.97 Å². The molecule has 1 aliphatic carbocycles. The maximum atomic E-state index is 11.8. The fourth-order valence-corrected chi connectivity index (χ4v) is 2.55. The second-order valence-electron chi connectivity index (χ2n) is 5.71. The van der Waals surface area contributed by atoms with Gasteiger partial charge in [0.1, 0.15) is 5.75 Å². The van der Waals surface area contributed by atoms with Crippen molar-refractivity contribution in [3.05, 3.63) is 42.0 Å². The molecule has 1 aromatic carbocycles. The lowest BCUT2D eigenvalue weighted by atomic mass is 9.85. The first-order valence-electron chi connectivity index (χ1n) is 7.62. The van der Waals surface area contributed by atoms with Crippen molar-refractivity contribution in [3.63, 3.8) is 0 Å². The Balaban J connectivity index is 1.70. The number of rotatable bonds is 6. The van der Waals surface area contributed by atoms with E-state index in [1.54, 1.807) is 7.11 Å². The van der Waals surface area contributed by atoms with Crippen LogP contribution in [-0.2, 0) is 16.0 Å². The lowest BCUT2D eigenvalue weighted by molar-refractivity contribution is -0.145. The fourth-order valence-electron chi connectivity index (χ4n) is 2.55. The average Bonchev–Trinajstić information content (AvgIpc) is 2.52. The normalized spacial score (nSPS) is 21.0. The predicted octanol–water partition coefficient (Wildman–Crippen LogP) is 3.77. The largest absolute Gasteiger partial charge is 0.497 e. The highest BCUT2D eigenvalue weighted by Crippen LogP contribution is 2.25. The molecule has 2 atom stereocenters. The van der Waals surface area contributed by atoms with E-state index in [0.717, 1.165) is 24.2 Å². The topological polar surface area (TPSA) is 35.5 Å². The van der Waals surface area contributed by atoms with Crippen LogP contribution < -0.4 is 4.74 Å². The lowest BCUT2D eigenvalue weighted by Crippen LogP contribution is -2.21. The van der Waals surface area contributed by atoms with E-state index in [1.165, 1.54) is 0 Å². The molecule has 0 aromatic heterocycles. The Morgan fingerprint density at radius 2 is 1.90 bits per heavy atom. The number of hydrogen-bond donors (Lipinski definition) is 0. The minimum Gasteiger partial charge on any atom is -0.497 e. The van der Waals surface area contributed by atoms with Gasteiger partial charge in [0.15, 0.2) is 0 Å². The van der Waals surface area contributed by atoms with E-state index in [2.05, 4.69) is 19.1 Å². The van der Waals surface area contributed by atoms with E-state index in [4.69, 9.17) is 9.47 Å². The number of benzene rings is 1. The molecule has 1 aromatic rings. The van der Waals surface area contributed by atoms with E-state index < -0.39 is 0 Å². The molecule has 0 aliphatic heterocycles. The van der Waals surface area contributed by atoms with Crippen LogP contribution in [0, 0.1) is 11.8 Å². The first kappa shape index (κ1) is 15.6. The highest BCUT2D eigenvalue weighted by Gasteiger charge is 2.19. The summed E-state index contributed by atoms with van der Waals surface area (Å²) in [6.07, 6.45) is 7.66. The van der Waals surface area contributed by atoms with Crippen LogP contribution in [0.4, 0.5) is 0 Å². The SMILES string of the molecule is COc1ccc(CCC(=O)OCC2CC=CCC2C)cc1. The number of aryl methyl sites for hydroxylation is 1. The molecule has 0 radical (unpaired) electrons. The molecule has 0 spiro atoms. The minimum atomic E-state index is -0.104. The molecule has 0 amide bonds. The molecule has 1 aliphatic rings. The van der Waals surface area contributed by atoms with E-state index in [1.807, 2.05) is 24.3 Å². The molecule has 0 heterocycles. The monoisotopic (exact) mass is 288 g/mol. The third-order valence-electron chi connectivity index (χ3n) is 4.15. The quantitative estimate of drug-likeness (QED) is 0.590. The van der Waals surface area contributed by atoms with Crippen LogP contribution in [0.5, 0.6) is 5.75 Å². The average molecular weight is 288 g/mol. The zero-order valence-electron chi connectivity index (χ0n) is 12.9. The number of ether oxygens (including phenoxy) is 2. The molecule has 0 N–H and O–H groups in total. The number of methoxy groups -OCH3 is 1. The van der Waals surface area contributed by atoms with Crippen molar-refractivity contribution in [1.82, 2.24) is 0 Å². The molecule has 3 heteroatoms. The van der Waals surface area contributed by atoms with Gasteiger partial charge in [-0.3, -0.25) is 4.79 Å². The van der Waals surface area contributed by atoms with Crippen molar-refractivity contribution in [2.45, 2.75) is 32.6 Å². The van der Waals surface area contributed by atoms with Gasteiger partial charge in [0.25, 0.3) is 0 Å². The Morgan fingerprint density at radius 1 is 1.19 bits per heavy atom. The van der Waals surface area contributed by atoms with Crippen LogP contribution in [0.25, 0.3) is 0 Å². The maximum Gasteiger partial charge on any atom is 0.306 e. The van der Waals surface area contributed by atoms with Crippen molar-refractivity contribution < 1.29 is 14.3 Å². The summed E-state index contributed by atoms with van der Waals surface area (Å²) in [4.78, 5) is 11.8. The highest BCUT2D eigenvalue weighted by atomic mass is 16.5. The van der Waals surface area contributed by atoms with Gasteiger partial charge in [-0.05, 0) is 48.8 Å². The van der Waals surface area contributed by atoms with Crippen molar-refractivity contribution in [1.29, 1.82) is 0 Å². The first-order chi connectivity index (χ1) is 10.2. The molecule has 0 fully saturated rings. The molecule has 21 heavy (non-hydrogen) atoms. The van der Waals surface area contributed by atoms with Gasteiger partial charge in [-0.25, -0.2) is 0 Å². The van der Waals surface area contributed by atoms with Crippen molar-refractivity contribution in [3.8, 4) is 5.75 Å². The van der Waals surface area contributed by atoms with Crippen LogP contribution in [-0.4, -0.2) is 19.7 Å². The Labute approximate surface area is 127 Å². The van der Waals surface area contributed by atoms with Gasteiger partial charge in [0.2, 0.25) is 0 Å². The van der Waals surface area contributed by atoms with Gasteiger partial charge in [-0.1, -0.05) is 31.2 Å². The Bertz CT molecular complexity index is 476. The molecule has 3 nitrogen and oxygen atoms in total. The van der Waals surface area contributed by atoms with Crippen LogP contribution in [0.2, 0.25) is 0 Å². The van der Waals surface area contributed by atoms with Crippen LogP contribution in [0.15, 0.2) is 36.4 Å². The number of carbonyl (C=O) groups is 1. The predicted molar refractivity (Wildman–Crippen MR) is 83.3 cm³/mol. The standard InChI is InChI=1S/C18H24O3/c1-14-5-3-4-6-16(14)13-21-18(19)12-9-15-7-10-17(20-2)11-8-15/h3-4,7-8,10-11,14,16H,5-6,9,12-13H2,1-2H3. The van der Waals surface area contributed by atoms with E-state index >= 15 is 0 Å². The zero-order chi connectivity index (χ0) is 15.1. The van der Waals surface area contributed by atoms with Crippen molar-refractivity contribution >= 4 is 5.97 Å². The third-order valence-corrected chi connectivity index (χ3v) is 4.15. The van der Waals surface area contributed by atoms with Gasteiger partial charge in [0.05, 0.1) is 13.7 Å². The summed E-state index contributed by atoms with van der Waals surface area (Å²) in [6, 6.07) is 7.80. The molecule has 2 unspecified atom stereocenters. The fraction of sp³-hybridized carbons (Fsp3) is 0.500. The summed E-state index contributed by atoms with van der Waals surface area (Å²) in [7, 11) is 1.65. The maximum absolute atomic E-state index is 11.8. The van der Waals surface area contributed by atoms with Crippen LogP contribution in [0.3, 0.4) is 0 Å². The molecule has 0 saturated heterocycles. The summed E-state index contributed by atoms with van der Waals surface area (Å²) in [6.45, 7) is 2.77. The summed E-state index contributed by atoms with van der Waals surface area (Å²) in [5.41, 5.74) is 1.13. The zero-order valence-corrected chi connectivity index (χ0v) is 12.9. The summed E-state index contributed by atoms with van der Waals surface area (Å²) in [5, 5.41) is 0. The van der Waals surface area contributed by atoms with Crippen molar-refractivity contribution in [2.75, 3.05) is 13.7 Å². The molecule has 0 saturated carbocycles. The minimum absolute atomic E-state index is 0.104. The lowest BCUT2D eigenvalue weighted by Gasteiger charge is -2.24. The van der Waals surface area contributed by atoms with Gasteiger partial charge < -0.3 is 9.47 Å². The molecular weight excluding hydrogens is 264 g/mol. The summed E-state index contributed by atoms with van der Waals surface area (Å²) >= 11 is 0. The first-order valence-corrected chi connectivity index (χ1v) is 7.62. The molecule has 2 rings (SSSR count). The Hall–Kier alpha value is -1.77. The van der Waals surface area contributed by atoms with E-state index in [0.29, 0.717) is 31.3 Å². The van der Waals surface area contributed by atoms with Gasteiger partial charge >= 0.3 is 5.97 Å².